The summed E-state index contributed by atoms with van der Waals surface area (Å²) in [5.41, 5.74) is 22.1. The Balaban J connectivity index is 0.0000000983. The zero-order valence-electron chi connectivity index (χ0n) is 86.2. The van der Waals surface area contributed by atoms with Gasteiger partial charge < -0.3 is 44.0 Å². The second-order valence-electron chi connectivity index (χ2n) is 49.9. The monoisotopic (exact) mass is 1900 g/mol. The molecule has 0 saturated heterocycles. The number of nitrogens with one attached hydrogen (secondary N) is 3. The zero-order chi connectivity index (χ0) is 97.5. The van der Waals surface area contributed by atoms with Crippen molar-refractivity contribution < 1.29 is 24.0 Å². The van der Waals surface area contributed by atoms with Crippen LogP contribution in [0.25, 0.3) is 44.9 Å². The molecule has 11 fully saturated rings. The molecule has 141 heavy (non-hydrogen) atoms. The van der Waals surface area contributed by atoms with Crippen molar-refractivity contribution in [3.63, 3.8) is 0 Å². The van der Waals surface area contributed by atoms with Gasteiger partial charge in [-0.15, -0.1) is 5.10 Å². The average Bonchev–Trinajstić information content (AvgIpc) is 1.68. The predicted molar refractivity (Wildman–Crippen MR) is 554 cm³/mol. The Labute approximate surface area is 834 Å². The minimum atomic E-state index is 0.113. The molecule has 22 heteroatoms. The second-order valence-corrected chi connectivity index (χ2v) is 49.9. The topological polar surface area (TPSA) is 243 Å². The summed E-state index contributed by atoms with van der Waals surface area (Å²) >= 11 is 0. The van der Waals surface area contributed by atoms with Crippen LogP contribution in [0.3, 0.4) is 0 Å². The third kappa shape index (κ3) is 15.1. The van der Waals surface area contributed by atoms with Gasteiger partial charge in [0.1, 0.15) is 19.0 Å². The molecule has 10 heterocycles. The lowest BCUT2D eigenvalue weighted by molar-refractivity contribution is -0.125. The molecule has 0 radical (unpaired) electrons. The molecule has 11 saturated carbocycles. The highest BCUT2D eigenvalue weighted by Crippen LogP contribution is 2.73. The first-order chi connectivity index (χ1) is 67.8. The van der Waals surface area contributed by atoms with Crippen molar-refractivity contribution in [2.45, 2.75) is 275 Å². The van der Waals surface area contributed by atoms with Gasteiger partial charge in [0.15, 0.2) is 0 Å². The second kappa shape index (κ2) is 35.3. The number of tetrazole rings is 1. The number of nitrogens with zero attached hydrogens (tertiary/aromatic N) is 14. The zero-order valence-corrected chi connectivity index (χ0v) is 86.2. The third-order valence-corrected chi connectivity index (χ3v) is 44.2. The van der Waals surface area contributed by atoms with E-state index in [2.05, 4.69) is 237 Å². The fraction of sp³-hybridized carbons (Fsp3) is 0.613. The van der Waals surface area contributed by atoms with Crippen LogP contribution in [-0.2, 0) is 24.0 Å². The van der Waals surface area contributed by atoms with Crippen LogP contribution in [-0.4, -0.2) is 145 Å². The van der Waals surface area contributed by atoms with E-state index in [0.29, 0.717) is 58.8 Å². The summed E-state index contributed by atoms with van der Waals surface area (Å²) in [7, 11) is 3.90. The Kier molecular flexibility index (Phi) is 23.6. The molecule has 0 spiro atoms. The summed E-state index contributed by atoms with van der Waals surface area (Å²) in [6.45, 7) is 30.9. The number of rotatable bonds is 5. The summed E-state index contributed by atoms with van der Waals surface area (Å²) in [6.07, 6.45) is 73.3. The van der Waals surface area contributed by atoms with Gasteiger partial charge in [0, 0.05) is 140 Å². The number of carbonyl (C=O) groups excluding carboxylic acids is 5. The van der Waals surface area contributed by atoms with Crippen molar-refractivity contribution in [3.8, 4) is 0 Å². The minimum absolute atomic E-state index is 0.113. The van der Waals surface area contributed by atoms with Crippen LogP contribution in [0.4, 0.5) is 0 Å². The van der Waals surface area contributed by atoms with E-state index in [1.807, 2.05) is 90.5 Å². The molecule has 5 aliphatic heterocycles. The van der Waals surface area contributed by atoms with E-state index < -0.39 is 0 Å². The standard InChI is InChI=1S/C27H33N3O.C26H31N3O.C23H29N3O.C23H31N3O.C20H29N5O/c1-26-14-15-29(3)25(31)16-18(26)8-9-19-20-10-11-24(27(20,2)13-12-21(19)26)30-17-28-22-6-4-5-7-23(22)30;1-25-13-14-27-24(30)15-17(25)7-8-18-19-9-10-23(26(19,2)12-11-20(18)25)29-16-28-21-5-3-4-6-22(21)29;1-22-10-12-25(3)21(27)14-16(22)4-5-17-18-6-7-20(26-13-11-24-15-26)23(18,2)9-8-19(17)22;1-15-13-26(14-25-15)20-7-6-18-17-5-4-16-12-21(27)24-11-10-22(16,2)19(17)8-9-23(18,20)3;1-19-9-10-21-18(26)11-13(19)3-4-14-15-5-6-17(25-12-22-23-24-25)20(15,2)8-7-16(14)19/h4-7,11,16-17,19-21H,8-10,12-15H2,1-3H3;3-6,10,15-16,18-20H,7-9,11-14H2,1-2H3,(H,27,30);6-7,11,13-15,17,19H,4-5,8-10,12H2,1-3H3;7,12-14,17-19H,4-6,8-11H2,1-3H3,(H,24,27);11-12,14-17H,3-10H2,1-2H3,(H,21,26)/t19-,20-,21-,26-,27-;18-,19-,20-,25-,26-;17-,19-,22-,23-;17-,18-,19-,22-,23-;14-,15-,16-,17?,19-,20-/m00000/s1. The summed E-state index contributed by atoms with van der Waals surface area (Å²) in [5.74, 6) is 10.7. The Morgan fingerprint density at radius 1 is 0.383 bits per heavy atom. The molecule has 25 atom stereocenters. The van der Waals surface area contributed by atoms with Gasteiger partial charge in [-0.05, 0) is 356 Å². The number of aryl methyl sites for hydroxylation is 1. The Morgan fingerprint density at radius 2 is 0.823 bits per heavy atom. The molecule has 5 amide bonds. The highest BCUT2D eigenvalue weighted by molar-refractivity contribution is 5.92. The van der Waals surface area contributed by atoms with E-state index in [9.17, 15) is 24.0 Å². The van der Waals surface area contributed by atoms with Crippen LogP contribution < -0.4 is 16.0 Å². The number of amides is 5. The van der Waals surface area contributed by atoms with Crippen molar-refractivity contribution in [2.24, 2.45) is 137 Å². The fourth-order valence-corrected chi connectivity index (χ4v) is 36.2. The molecule has 22 nitrogen and oxygen atoms in total. The number of hydrogen-bond acceptors (Lipinski definition) is 12. The van der Waals surface area contributed by atoms with Gasteiger partial charge in [0.2, 0.25) is 29.5 Å². The van der Waals surface area contributed by atoms with Crippen LogP contribution >= 0.6 is 0 Å². The number of likely N-dealkylation sites (N-methyl/N-ethyl adjacent to an activating group) is 2. The molecule has 5 aromatic heterocycles. The number of fused-ring (bicyclic) bond motifs is 27. The third-order valence-electron chi connectivity index (χ3n) is 44.2. The molecular formula is C119H153N17O5. The molecule has 0 bridgehead atoms. The van der Waals surface area contributed by atoms with E-state index in [1.54, 1.807) is 11.9 Å². The van der Waals surface area contributed by atoms with Gasteiger partial charge in [-0.3, -0.25) is 24.0 Å². The molecule has 15 aliphatic carbocycles. The number of hydrogen-bond donors (Lipinski definition) is 3. The summed E-state index contributed by atoms with van der Waals surface area (Å²) in [6, 6.07) is 17.4. The lowest BCUT2D eigenvalue weighted by Gasteiger charge is -2.57. The number of benzene rings is 2. The number of aromatic nitrogens is 12. The Bertz CT molecular complexity index is 6460. The molecular weight excluding hydrogens is 1750 g/mol. The van der Waals surface area contributed by atoms with Crippen molar-refractivity contribution in [3.05, 3.63) is 199 Å². The Morgan fingerprint density at radius 3 is 1.29 bits per heavy atom. The average molecular weight is 1900 g/mol. The van der Waals surface area contributed by atoms with Crippen molar-refractivity contribution in [1.82, 2.24) is 84.2 Å². The van der Waals surface area contributed by atoms with Gasteiger partial charge in [-0.25, -0.2) is 24.6 Å². The van der Waals surface area contributed by atoms with Crippen molar-refractivity contribution in [1.29, 1.82) is 0 Å². The summed E-state index contributed by atoms with van der Waals surface area (Å²) in [4.78, 5) is 83.1. The highest BCUT2D eigenvalue weighted by Gasteiger charge is 2.65. The first-order valence-corrected chi connectivity index (χ1v) is 54.8. The normalized spacial score (nSPS) is 39.8. The Hall–Kier alpha value is -10.4. The minimum Gasteiger partial charge on any atom is -0.353 e. The molecule has 744 valence electrons. The molecule has 2 aromatic carbocycles. The van der Waals surface area contributed by atoms with E-state index >= 15 is 0 Å². The van der Waals surface area contributed by atoms with Gasteiger partial charge in [-0.2, -0.15) is 0 Å². The maximum absolute atomic E-state index is 12.5. The summed E-state index contributed by atoms with van der Waals surface area (Å²) in [5, 5.41) is 21.2. The van der Waals surface area contributed by atoms with Crippen LogP contribution in [0.5, 0.6) is 0 Å². The smallest absolute Gasteiger partial charge is 0.246 e. The first-order valence-electron chi connectivity index (χ1n) is 54.8. The van der Waals surface area contributed by atoms with E-state index in [0.717, 1.165) is 149 Å². The largest absolute Gasteiger partial charge is 0.353 e. The van der Waals surface area contributed by atoms with Gasteiger partial charge in [0.25, 0.3) is 0 Å². The van der Waals surface area contributed by atoms with Crippen LogP contribution in [0.2, 0.25) is 0 Å². The highest BCUT2D eigenvalue weighted by atomic mass is 16.2. The van der Waals surface area contributed by atoms with Gasteiger partial charge in [0.05, 0.1) is 46.5 Å². The lowest BCUT2D eigenvalue weighted by atomic mass is 9.48. The van der Waals surface area contributed by atoms with Crippen LogP contribution in [0.1, 0.15) is 274 Å². The molecule has 20 aliphatic rings. The number of para-hydroxylation sites is 4. The fourth-order valence-electron chi connectivity index (χ4n) is 36.2. The molecule has 7 aromatic rings. The molecule has 3 N–H and O–H groups in total. The van der Waals surface area contributed by atoms with Crippen molar-refractivity contribution in [2.75, 3.05) is 46.8 Å². The maximum atomic E-state index is 12.5. The van der Waals surface area contributed by atoms with Crippen molar-refractivity contribution >= 4 is 74.4 Å². The number of allylic oxidation sites excluding steroid dienone is 15. The SMILES string of the molecule is CN1CC[C@@]2(C)C(=CC1=O)CC[C@@H]1[C@@H]2CC[C@]2(C)C(n3cnc4ccccc43)=CC[C@@H]12.CN1CC[C@@]2(C)C(=CC1=O)CC[C@H]1C3=CC=C(n4ccnc4)[C@@]3(C)CC[C@@H]12.C[C@]12CCNC(=O)C=C1CC[C@@H]1[C@@H]2CC[C@]2(C)C(n3cnc4ccccc43)=CC[C@@H]12.C[C@]12CCNC(=O)C=C1CC[C@@H]1[C@@H]2CC[C@]2(C)C(n3cnnn3)CC[C@@H]12.Cc1cn(C2=CC[C@H]3[C@@H]4CCC5=CC(=O)NCC[C@]5(C)[C@H]4CC[C@]23C)cn1. The van der Waals surface area contributed by atoms with Crippen LogP contribution in [0.15, 0.2) is 193 Å². The van der Waals surface area contributed by atoms with E-state index in [-0.39, 0.29) is 78.3 Å². The quantitative estimate of drug-likeness (QED) is 0.146. The first kappa shape index (κ1) is 94.2. The number of carbonyl (C=O) groups is 5. The lowest BCUT2D eigenvalue weighted by Crippen LogP contribution is -2.50. The molecule has 1 unspecified atom stereocenters. The van der Waals surface area contributed by atoms with Crippen LogP contribution in [0, 0.1) is 144 Å². The van der Waals surface area contributed by atoms with E-state index in [4.69, 9.17) is 0 Å². The molecule has 27 rings (SSSR count). The predicted octanol–water partition coefficient (Wildman–Crippen LogP) is 22.2. The van der Waals surface area contributed by atoms with Gasteiger partial charge >= 0.3 is 0 Å². The summed E-state index contributed by atoms with van der Waals surface area (Å²) < 4.78 is 11.2. The van der Waals surface area contributed by atoms with E-state index in [1.165, 1.54) is 190 Å². The van der Waals surface area contributed by atoms with Gasteiger partial charge in [-0.1, -0.05) is 151 Å². The maximum Gasteiger partial charge on any atom is 0.246 e. The number of imidazole rings is 4.